The molecule has 2 heterocycles. The molecule has 2 rings (SSSR count). The van der Waals surface area contributed by atoms with Gasteiger partial charge in [0.15, 0.2) is 0 Å². The van der Waals surface area contributed by atoms with E-state index in [1.165, 1.54) is 58.2 Å². The highest BCUT2D eigenvalue weighted by atomic mass is 16.2. The molecule has 0 aromatic carbocycles. The maximum atomic E-state index is 13.1. The smallest absolute Gasteiger partial charge is 0.225 e. The SMILES string of the molecule is CCCCCCC(CCC)C(=O)N1CC2CN(CCCC(C)C)CC2C1. The molecule has 0 aromatic rings. The summed E-state index contributed by atoms with van der Waals surface area (Å²) in [6, 6.07) is 0. The average Bonchev–Trinajstić information content (AvgIpc) is 3.15. The van der Waals surface area contributed by atoms with Gasteiger partial charge in [-0.2, -0.15) is 0 Å². The molecular weight excluding hydrogens is 320 g/mol. The summed E-state index contributed by atoms with van der Waals surface area (Å²) in [6.07, 6.45) is 11.1. The molecule has 3 nitrogen and oxygen atoms in total. The van der Waals surface area contributed by atoms with Crippen molar-refractivity contribution in [3.8, 4) is 0 Å². The van der Waals surface area contributed by atoms with Crippen LogP contribution in [0, 0.1) is 23.7 Å². The summed E-state index contributed by atoms with van der Waals surface area (Å²) in [5, 5.41) is 0. The molecule has 0 N–H and O–H groups in total. The molecule has 3 atom stereocenters. The molecule has 0 bridgehead atoms. The number of hydrogen-bond donors (Lipinski definition) is 0. The monoisotopic (exact) mass is 364 g/mol. The number of hydrogen-bond acceptors (Lipinski definition) is 2. The number of fused-ring (bicyclic) bond motifs is 1. The Bertz CT molecular complexity index is 395. The molecule has 1 amide bonds. The Morgan fingerprint density at radius 3 is 2.12 bits per heavy atom. The zero-order valence-electron chi connectivity index (χ0n) is 18.0. The van der Waals surface area contributed by atoms with E-state index >= 15 is 0 Å². The van der Waals surface area contributed by atoms with Crippen LogP contribution in [0.3, 0.4) is 0 Å². The van der Waals surface area contributed by atoms with Crippen LogP contribution in [-0.4, -0.2) is 48.4 Å². The lowest BCUT2D eigenvalue weighted by atomic mass is 9.95. The van der Waals surface area contributed by atoms with Gasteiger partial charge in [-0.25, -0.2) is 0 Å². The minimum absolute atomic E-state index is 0.290. The van der Waals surface area contributed by atoms with Crippen molar-refractivity contribution < 1.29 is 4.79 Å². The van der Waals surface area contributed by atoms with Crippen LogP contribution in [0.5, 0.6) is 0 Å². The fourth-order valence-corrected chi connectivity index (χ4v) is 4.99. The van der Waals surface area contributed by atoms with E-state index in [-0.39, 0.29) is 5.92 Å². The highest BCUT2D eigenvalue weighted by Crippen LogP contribution is 2.33. The Morgan fingerprint density at radius 1 is 0.846 bits per heavy atom. The van der Waals surface area contributed by atoms with Crippen molar-refractivity contribution in [2.75, 3.05) is 32.7 Å². The van der Waals surface area contributed by atoms with Gasteiger partial charge in [-0.1, -0.05) is 59.8 Å². The van der Waals surface area contributed by atoms with Crippen molar-refractivity contribution >= 4 is 5.91 Å². The van der Waals surface area contributed by atoms with Crippen LogP contribution < -0.4 is 0 Å². The van der Waals surface area contributed by atoms with E-state index in [0.29, 0.717) is 5.91 Å². The van der Waals surface area contributed by atoms with E-state index in [9.17, 15) is 4.79 Å². The molecule has 0 spiro atoms. The van der Waals surface area contributed by atoms with E-state index < -0.39 is 0 Å². The zero-order valence-corrected chi connectivity index (χ0v) is 18.0. The van der Waals surface area contributed by atoms with Crippen molar-refractivity contribution in [1.29, 1.82) is 0 Å². The summed E-state index contributed by atoms with van der Waals surface area (Å²) < 4.78 is 0. The molecule has 2 fully saturated rings. The van der Waals surface area contributed by atoms with Gasteiger partial charge in [-0.3, -0.25) is 4.79 Å². The highest BCUT2D eigenvalue weighted by molar-refractivity contribution is 5.79. The summed E-state index contributed by atoms with van der Waals surface area (Å²) in [7, 11) is 0. The van der Waals surface area contributed by atoms with Gasteiger partial charge in [-0.15, -0.1) is 0 Å². The standard InChI is InChI=1S/C23H44N2O/c1-5-7-8-9-13-20(11-6-2)23(26)25-17-21-15-24(16-22(21)18-25)14-10-12-19(3)4/h19-22H,5-18H2,1-4H3. The van der Waals surface area contributed by atoms with E-state index in [1.807, 2.05) is 0 Å². The second-order valence-corrected chi connectivity index (χ2v) is 9.39. The Hall–Kier alpha value is -0.570. The van der Waals surface area contributed by atoms with Crippen LogP contribution in [0.15, 0.2) is 0 Å². The average molecular weight is 365 g/mol. The summed E-state index contributed by atoms with van der Waals surface area (Å²) in [5.41, 5.74) is 0. The number of carbonyl (C=O) groups is 1. The van der Waals surface area contributed by atoms with Gasteiger partial charge in [0.2, 0.25) is 5.91 Å². The quantitative estimate of drug-likeness (QED) is 0.444. The van der Waals surface area contributed by atoms with Crippen molar-refractivity contribution in [1.82, 2.24) is 9.80 Å². The Labute approximate surface area is 162 Å². The molecule has 0 aromatic heterocycles. The minimum Gasteiger partial charge on any atom is -0.342 e. The first kappa shape index (κ1) is 21.7. The van der Waals surface area contributed by atoms with Gasteiger partial charge in [-0.05, 0) is 50.0 Å². The topological polar surface area (TPSA) is 23.6 Å². The normalized spacial score (nSPS) is 24.4. The number of nitrogens with zero attached hydrogens (tertiary/aromatic N) is 2. The lowest BCUT2D eigenvalue weighted by molar-refractivity contribution is -0.135. The fraction of sp³-hybridized carbons (Fsp3) is 0.957. The molecule has 2 saturated heterocycles. The molecule has 26 heavy (non-hydrogen) atoms. The van der Waals surface area contributed by atoms with Gasteiger partial charge >= 0.3 is 0 Å². The Kier molecular flexibility index (Phi) is 9.45. The minimum atomic E-state index is 0.290. The number of likely N-dealkylation sites (tertiary alicyclic amines) is 2. The summed E-state index contributed by atoms with van der Waals surface area (Å²) >= 11 is 0. The lowest BCUT2D eigenvalue weighted by Gasteiger charge is -2.26. The molecular formula is C23H44N2O. The molecule has 0 aliphatic carbocycles. The van der Waals surface area contributed by atoms with E-state index in [2.05, 4.69) is 37.5 Å². The van der Waals surface area contributed by atoms with Crippen molar-refractivity contribution in [3.63, 3.8) is 0 Å². The molecule has 0 saturated carbocycles. The molecule has 152 valence electrons. The predicted octanol–water partition coefficient (Wildman–Crippen LogP) is 5.20. The first-order chi connectivity index (χ1) is 12.5. The molecule has 3 heteroatoms. The first-order valence-electron chi connectivity index (χ1n) is 11.6. The molecule has 2 aliphatic heterocycles. The lowest BCUT2D eigenvalue weighted by Crippen LogP contribution is -2.37. The van der Waals surface area contributed by atoms with Gasteiger partial charge in [0.25, 0.3) is 0 Å². The van der Waals surface area contributed by atoms with Crippen LogP contribution in [0.25, 0.3) is 0 Å². The van der Waals surface area contributed by atoms with Crippen LogP contribution in [0.1, 0.15) is 85.5 Å². The van der Waals surface area contributed by atoms with Crippen LogP contribution in [-0.2, 0) is 4.79 Å². The third kappa shape index (κ3) is 6.55. The van der Waals surface area contributed by atoms with Crippen LogP contribution >= 0.6 is 0 Å². The van der Waals surface area contributed by atoms with Gasteiger partial charge < -0.3 is 9.80 Å². The molecule has 3 unspecified atom stereocenters. The highest BCUT2D eigenvalue weighted by Gasteiger charge is 2.42. The van der Waals surface area contributed by atoms with Crippen molar-refractivity contribution in [2.45, 2.75) is 85.5 Å². The summed E-state index contributed by atoms with van der Waals surface area (Å²) in [4.78, 5) is 18.0. The summed E-state index contributed by atoms with van der Waals surface area (Å²) in [5.74, 6) is 3.06. The maximum absolute atomic E-state index is 13.1. The van der Waals surface area contributed by atoms with E-state index in [4.69, 9.17) is 0 Å². The fourth-order valence-electron chi connectivity index (χ4n) is 4.99. The van der Waals surface area contributed by atoms with Crippen molar-refractivity contribution in [3.05, 3.63) is 0 Å². The largest absolute Gasteiger partial charge is 0.342 e. The Balaban J connectivity index is 1.74. The van der Waals surface area contributed by atoms with E-state index in [0.717, 1.165) is 50.1 Å². The second-order valence-electron chi connectivity index (χ2n) is 9.39. The third-order valence-corrected chi connectivity index (χ3v) is 6.52. The Morgan fingerprint density at radius 2 is 1.54 bits per heavy atom. The number of rotatable bonds is 12. The second kappa shape index (κ2) is 11.3. The van der Waals surface area contributed by atoms with Crippen LogP contribution in [0.4, 0.5) is 0 Å². The van der Waals surface area contributed by atoms with Gasteiger partial charge in [0.05, 0.1) is 0 Å². The van der Waals surface area contributed by atoms with Crippen molar-refractivity contribution in [2.24, 2.45) is 23.7 Å². The van der Waals surface area contributed by atoms with Gasteiger partial charge in [0, 0.05) is 32.1 Å². The maximum Gasteiger partial charge on any atom is 0.225 e. The van der Waals surface area contributed by atoms with Gasteiger partial charge in [0.1, 0.15) is 0 Å². The predicted molar refractivity (Wildman–Crippen MR) is 111 cm³/mol. The zero-order chi connectivity index (χ0) is 18.9. The molecule has 0 radical (unpaired) electrons. The van der Waals surface area contributed by atoms with E-state index in [1.54, 1.807) is 0 Å². The number of amides is 1. The summed E-state index contributed by atoms with van der Waals surface area (Å²) in [6.45, 7) is 14.9. The van der Waals surface area contributed by atoms with Crippen LogP contribution in [0.2, 0.25) is 0 Å². The number of unbranched alkanes of at least 4 members (excludes halogenated alkanes) is 3. The first-order valence-corrected chi connectivity index (χ1v) is 11.6. The third-order valence-electron chi connectivity index (χ3n) is 6.52. The molecule has 2 aliphatic rings. The number of carbonyl (C=O) groups excluding carboxylic acids is 1.